The van der Waals surface area contributed by atoms with Crippen molar-refractivity contribution in [1.82, 2.24) is 59.8 Å². The number of hydrogen-bond donors (Lipinski definition) is 7. The van der Waals surface area contributed by atoms with Crippen LogP contribution in [0.15, 0.2) is 163 Å². The number of nitrogens with one attached hydrogen (secondary N) is 3. The average Bonchev–Trinajstić information content (AvgIpc) is 1.57. The second-order valence-corrected chi connectivity index (χ2v) is 28.5. The Morgan fingerprint density at radius 1 is 0.588 bits per heavy atom. The molecule has 30 nitrogen and oxygen atoms in total. The number of phenols is 2. The quantitative estimate of drug-likeness (QED) is 0.0181. The molecule has 3 aliphatic heterocycles. The molecule has 596 valence electrons. The monoisotopic (exact) mass is 1660 g/mol. The smallest absolute Gasteiger partial charge is 0.415 e. The summed E-state index contributed by atoms with van der Waals surface area (Å²) in [5.41, 5.74) is 17.3. The molecule has 37 heteroatoms. The number of nitro benzene ring substituents is 2. The molecule has 9 N–H and O–H groups in total. The Bertz CT molecular complexity index is 5310. The first kappa shape index (κ1) is 83.3. The molecular weight excluding hydrogens is 1590 g/mol. The van der Waals surface area contributed by atoms with Crippen molar-refractivity contribution in [2.45, 2.75) is 83.6 Å². The van der Waals surface area contributed by atoms with E-state index in [-0.39, 0.29) is 78.8 Å². The summed E-state index contributed by atoms with van der Waals surface area (Å²) in [5, 5.41) is 64.3. The number of aromatic nitrogens is 9. The van der Waals surface area contributed by atoms with E-state index in [1.54, 1.807) is 55.5 Å². The van der Waals surface area contributed by atoms with E-state index in [0.29, 0.717) is 82.1 Å². The number of rotatable bonds is 18. The zero-order valence-corrected chi connectivity index (χ0v) is 65.2. The van der Waals surface area contributed by atoms with E-state index >= 15 is 0 Å². The molecular formula is C77H76Cl5F2N17O13. The van der Waals surface area contributed by atoms with Gasteiger partial charge in [0.05, 0.1) is 55.6 Å². The first-order valence-electron chi connectivity index (χ1n) is 35.6. The van der Waals surface area contributed by atoms with Crippen molar-refractivity contribution in [2.24, 2.45) is 0 Å². The number of non-ortho nitro benzene ring substituents is 2. The second kappa shape index (κ2) is 37.8. The number of ether oxygens (including phenoxy) is 4. The number of likely N-dealkylation sites (tertiary alicyclic amines) is 1. The molecule has 2 atom stereocenters. The highest BCUT2D eigenvalue weighted by molar-refractivity contribution is 6.61. The van der Waals surface area contributed by atoms with Gasteiger partial charge in [0.15, 0.2) is 29.0 Å². The third-order valence-corrected chi connectivity index (χ3v) is 20.3. The van der Waals surface area contributed by atoms with Crippen molar-refractivity contribution in [3.63, 3.8) is 0 Å². The van der Waals surface area contributed by atoms with Crippen molar-refractivity contribution >= 4 is 98.2 Å². The minimum atomic E-state index is -0.978. The van der Waals surface area contributed by atoms with Crippen molar-refractivity contribution in [3.05, 3.63) is 238 Å². The summed E-state index contributed by atoms with van der Waals surface area (Å²) in [6, 6.07) is 30.3. The van der Waals surface area contributed by atoms with E-state index < -0.39 is 50.9 Å². The zero-order chi connectivity index (χ0) is 81.6. The predicted molar refractivity (Wildman–Crippen MR) is 428 cm³/mol. The summed E-state index contributed by atoms with van der Waals surface area (Å²) in [6.45, 7) is 14.0. The van der Waals surface area contributed by atoms with E-state index in [4.69, 9.17) is 83.7 Å². The minimum Gasteiger partial charge on any atom is -0.508 e. The molecule has 0 bridgehead atoms. The number of pyridine rings is 2. The number of hydrogen-bond acceptors (Lipinski definition) is 23. The highest BCUT2D eigenvalue weighted by Crippen LogP contribution is 2.42. The Labute approximate surface area is 675 Å². The number of aromatic amines is 1. The molecule has 14 rings (SSSR count). The number of nitro groups is 2. The summed E-state index contributed by atoms with van der Waals surface area (Å²) in [6.07, 6.45) is 12.2. The van der Waals surface area contributed by atoms with Crippen LogP contribution in [0.4, 0.5) is 47.1 Å². The third kappa shape index (κ3) is 20.6. The SMILES string of the molecule is CC(C)c1cc(-c2n[nH]c(=O)n2-c2ccc(N3CCNCC3)cc2)c(O)cc1O.C[C@@H](Oc1cc(-c2cnn(C3CCN(C(=O)Oc4ccc([N+](=O)[O-])cc4)CC3)c2)cnc1N)c1c(Cl)ccc(F)c1Cl.C[C@@H](Oc1cc(-c2cnn(C3CCNCC3)c2)cnc1N)c1c(Cl)ccc(F)c1Cl.O=C(Cl)Oc1ccc([N+](=O)[O-])cc1. The number of carbonyl (C=O) groups excluding carboxylic acids is 2. The number of benzene rings is 6. The van der Waals surface area contributed by atoms with Crippen LogP contribution in [0.25, 0.3) is 39.3 Å². The highest BCUT2D eigenvalue weighted by atomic mass is 35.5. The summed E-state index contributed by atoms with van der Waals surface area (Å²) < 4.78 is 55.0. The van der Waals surface area contributed by atoms with Gasteiger partial charge in [-0.25, -0.2) is 42.8 Å². The molecule has 3 fully saturated rings. The fraction of sp³-hybridized carbons (Fsp3) is 0.273. The van der Waals surface area contributed by atoms with Crippen molar-refractivity contribution in [1.29, 1.82) is 0 Å². The van der Waals surface area contributed by atoms with Gasteiger partial charge in [-0.15, -0.1) is 0 Å². The second-order valence-electron chi connectivity index (χ2n) is 26.6. The fourth-order valence-corrected chi connectivity index (χ4v) is 14.2. The standard InChI is InChI=1S/C28H25Cl2FN6O5.C21H22Cl2FN5O.C21H25N5O3.C7H4ClNO4/c1-16(25-22(29)6-7-23(31)26(25)30)41-24-12-17(13-33-27(24)32)18-14-34-36(15-18)19-8-10-35(11-9-19)28(38)42-21-4-2-20(3-5-21)37(39)40;1-12(19-16(22)2-3-17(24)20(19)23)30-18-8-13(9-27-21(18)25)14-10-28-29(11-14)15-4-6-26-7-5-15;1-13(2)16-11-17(19(28)12-18(16)27)20-23-24-21(29)26(20)15-5-3-14(4-6-15)25-9-7-22-8-10-25;8-7(10)13-6-3-1-5(2-4-6)9(11)12/h2-7,12-16,19H,8-11H2,1H3,(H2,32,33);2-3,8-12,15,26H,4-7H2,1H3,(H2,25,27);3-6,11-13,22,27-28H,7-10H2,1-2H3,(H,24,29);1-4H/t16-;12-;;/m11../s1. The predicted octanol–water partition coefficient (Wildman–Crippen LogP) is 16.4. The molecule has 0 unspecified atom stereocenters. The molecule has 0 spiro atoms. The van der Waals surface area contributed by atoms with Crippen LogP contribution in [0.1, 0.15) is 100 Å². The van der Waals surface area contributed by atoms with E-state index in [9.17, 15) is 53.6 Å². The number of piperazine rings is 1. The summed E-state index contributed by atoms with van der Waals surface area (Å²) in [4.78, 5) is 67.6. The van der Waals surface area contributed by atoms with Gasteiger partial charge in [-0.1, -0.05) is 60.3 Å². The number of halogens is 7. The van der Waals surface area contributed by atoms with Crippen LogP contribution in [0.5, 0.6) is 34.5 Å². The molecule has 0 radical (unpaired) electrons. The van der Waals surface area contributed by atoms with Crippen LogP contribution in [0, 0.1) is 31.9 Å². The maximum Gasteiger partial charge on any atom is 0.415 e. The van der Waals surface area contributed by atoms with Crippen molar-refractivity contribution in [2.75, 3.05) is 68.7 Å². The van der Waals surface area contributed by atoms with Gasteiger partial charge in [0.25, 0.3) is 11.4 Å². The third-order valence-electron chi connectivity index (χ3n) is 18.8. The lowest BCUT2D eigenvalue weighted by atomic mass is 9.98. The van der Waals surface area contributed by atoms with Crippen LogP contribution < -0.4 is 51.6 Å². The molecule has 3 aliphatic rings. The number of anilines is 3. The van der Waals surface area contributed by atoms with Crippen LogP contribution in [0.2, 0.25) is 20.1 Å². The number of phenolic OH excluding ortho intramolecular Hbond substituents is 2. The van der Waals surface area contributed by atoms with Gasteiger partial charge < -0.3 is 61.1 Å². The normalized spacial score (nSPS) is 14.2. The number of amides is 1. The molecule has 8 heterocycles. The largest absolute Gasteiger partial charge is 0.508 e. The Morgan fingerprint density at radius 3 is 1.53 bits per heavy atom. The van der Waals surface area contributed by atoms with E-state index in [1.165, 1.54) is 83.4 Å². The van der Waals surface area contributed by atoms with Gasteiger partial charge in [0, 0.05) is 155 Å². The van der Waals surface area contributed by atoms with Gasteiger partial charge in [-0.3, -0.25) is 29.6 Å². The molecule has 11 aromatic rings. The molecule has 3 saturated heterocycles. The van der Waals surface area contributed by atoms with Crippen LogP contribution in [0.3, 0.4) is 0 Å². The number of H-pyrrole nitrogens is 1. The zero-order valence-electron chi connectivity index (χ0n) is 61.4. The number of carbonyl (C=O) groups is 2. The van der Waals surface area contributed by atoms with Crippen LogP contribution in [-0.4, -0.2) is 133 Å². The maximum absolute atomic E-state index is 14.0. The Hall–Kier alpha value is -11.7. The first-order valence-corrected chi connectivity index (χ1v) is 37.5. The molecule has 114 heavy (non-hydrogen) atoms. The average molecular weight is 1660 g/mol. The first-order chi connectivity index (χ1) is 54.6. The molecule has 0 saturated carbocycles. The minimum absolute atomic E-state index is 0.0195. The van der Waals surface area contributed by atoms with E-state index in [2.05, 4.69) is 50.6 Å². The fourth-order valence-electron chi connectivity index (χ4n) is 12.7. The van der Waals surface area contributed by atoms with E-state index in [1.807, 2.05) is 66.1 Å². The summed E-state index contributed by atoms with van der Waals surface area (Å²) >= 11 is 29.6. The topological polar surface area (TPSA) is 392 Å². The Balaban J connectivity index is 0.000000159. The number of nitrogens with two attached hydrogens (primary N) is 2. The van der Waals surface area contributed by atoms with Gasteiger partial charge in [-0.2, -0.15) is 15.3 Å². The highest BCUT2D eigenvalue weighted by Gasteiger charge is 2.29. The van der Waals surface area contributed by atoms with Crippen molar-refractivity contribution < 1.29 is 57.4 Å². The van der Waals surface area contributed by atoms with Gasteiger partial charge in [-0.05, 0) is 155 Å². The Kier molecular flexibility index (Phi) is 27.6. The lowest BCUT2D eigenvalue weighted by Gasteiger charge is -2.31. The number of nitrogens with zero attached hydrogens (tertiary/aromatic N) is 12. The number of aromatic hydroxyl groups is 2. The molecule has 1 amide bonds. The molecule has 6 aromatic carbocycles. The number of nitrogen functional groups attached to an aromatic ring is 2. The molecule has 0 aliphatic carbocycles. The van der Waals surface area contributed by atoms with Gasteiger partial charge in [0.2, 0.25) is 0 Å². The van der Waals surface area contributed by atoms with Gasteiger partial charge >= 0.3 is 17.2 Å². The lowest BCUT2D eigenvalue weighted by Crippen LogP contribution is -2.43. The van der Waals surface area contributed by atoms with Crippen molar-refractivity contribution in [3.8, 4) is 73.8 Å². The summed E-state index contributed by atoms with van der Waals surface area (Å²) in [5.74, 6) is 0.492. The van der Waals surface area contributed by atoms with Crippen LogP contribution >= 0.6 is 58.0 Å². The maximum atomic E-state index is 14.0. The van der Waals surface area contributed by atoms with Gasteiger partial charge in [0.1, 0.15) is 46.8 Å². The molecule has 5 aromatic heterocycles. The van der Waals surface area contributed by atoms with Crippen LogP contribution in [-0.2, 0) is 0 Å². The van der Waals surface area contributed by atoms with E-state index in [0.717, 1.165) is 74.5 Å². The Morgan fingerprint density at radius 2 is 1.05 bits per heavy atom. The number of piperidine rings is 2. The lowest BCUT2D eigenvalue weighted by molar-refractivity contribution is -0.385. The summed E-state index contributed by atoms with van der Waals surface area (Å²) in [7, 11) is 0.